The molecule has 16 heavy (non-hydrogen) atoms. The highest BCUT2D eigenvalue weighted by atomic mass is 14.8. The highest BCUT2D eigenvalue weighted by molar-refractivity contribution is 5.08. The molecule has 2 atom stereocenters. The Bertz CT molecular complexity index is 200. The molecule has 0 aliphatic rings. The molecule has 0 rings (SSSR count). The first kappa shape index (κ1) is 15.7. The molecule has 0 fully saturated rings. The average molecular weight is 225 g/mol. The number of allylic oxidation sites excluding steroid dienone is 1. The van der Waals surface area contributed by atoms with Gasteiger partial charge in [-0.15, -0.1) is 0 Å². The Balaban J connectivity index is 3.95. The third-order valence-corrected chi connectivity index (χ3v) is 3.23. The maximum atomic E-state index is 4.25. The topological polar surface area (TPSA) is 12.0 Å². The predicted octanol–water partition coefficient (Wildman–Crippen LogP) is 4.25. The van der Waals surface area contributed by atoms with Crippen molar-refractivity contribution in [3.8, 4) is 0 Å². The second-order valence-corrected chi connectivity index (χ2v) is 6.22. The van der Waals surface area contributed by atoms with Gasteiger partial charge in [0, 0.05) is 0 Å². The van der Waals surface area contributed by atoms with Crippen LogP contribution in [0.1, 0.15) is 54.4 Å². The van der Waals surface area contributed by atoms with E-state index in [9.17, 15) is 0 Å². The summed E-state index contributed by atoms with van der Waals surface area (Å²) in [6.07, 6.45) is 2.46. The fourth-order valence-corrected chi connectivity index (χ4v) is 2.09. The molecule has 1 heteroatoms. The highest BCUT2D eigenvalue weighted by Gasteiger charge is 2.21. The van der Waals surface area contributed by atoms with E-state index in [2.05, 4.69) is 53.4 Å². The molecule has 0 aromatic rings. The third-order valence-electron chi connectivity index (χ3n) is 3.23. The van der Waals surface area contributed by atoms with Crippen LogP contribution in [0.5, 0.6) is 0 Å². The smallest absolute Gasteiger partial charge is 0.00229 e. The minimum Gasteiger partial charge on any atom is -0.316 e. The summed E-state index contributed by atoms with van der Waals surface area (Å²) >= 11 is 0. The molecule has 1 N–H and O–H groups in total. The normalized spacial score (nSPS) is 15.9. The minimum atomic E-state index is 0.246. The molecule has 0 spiro atoms. The molecule has 0 amide bonds. The zero-order valence-corrected chi connectivity index (χ0v) is 12.2. The maximum Gasteiger partial charge on any atom is -0.00229 e. The van der Waals surface area contributed by atoms with E-state index in [-0.39, 0.29) is 5.41 Å². The Labute approximate surface area is 103 Å². The zero-order chi connectivity index (χ0) is 12.8. The van der Waals surface area contributed by atoms with Gasteiger partial charge in [-0.3, -0.25) is 0 Å². The van der Waals surface area contributed by atoms with Crippen molar-refractivity contribution in [2.75, 3.05) is 13.1 Å². The monoisotopic (exact) mass is 225 g/mol. The highest BCUT2D eigenvalue weighted by Crippen LogP contribution is 2.32. The van der Waals surface area contributed by atoms with Crippen molar-refractivity contribution in [1.82, 2.24) is 5.32 Å². The van der Waals surface area contributed by atoms with Crippen molar-refractivity contribution in [3.05, 3.63) is 12.2 Å². The van der Waals surface area contributed by atoms with Crippen LogP contribution in [0.4, 0.5) is 0 Å². The van der Waals surface area contributed by atoms with Crippen LogP contribution in [-0.2, 0) is 0 Å². The second-order valence-electron chi connectivity index (χ2n) is 6.22. The van der Waals surface area contributed by atoms with E-state index >= 15 is 0 Å². The van der Waals surface area contributed by atoms with Crippen LogP contribution in [0.25, 0.3) is 0 Å². The van der Waals surface area contributed by atoms with Gasteiger partial charge in [-0.2, -0.15) is 0 Å². The minimum absolute atomic E-state index is 0.246. The molecule has 0 bridgehead atoms. The zero-order valence-electron chi connectivity index (χ0n) is 12.2. The van der Waals surface area contributed by atoms with Gasteiger partial charge >= 0.3 is 0 Å². The van der Waals surface area contributed by atoms with Gasteiger partial charge in [-0.1, -0.05) is 53.7 Å². The Morgan fingerprint density at radius 1 is 1.25 bits per heavy atom. The van der Waals surface area contributed by atoms with Crippen molar-refractivity contribution < 1.29 is 0 Å². The standard InChI is InChI=1S/C15H31N/c1-8-9-16-11-12(2)10-13(3)14(4)15(5,6)7/h12-13,16H,4,8-11H2,1-3,5-7H3. The van der Waals surface area contributed by atoms with Crippen molar-refractivity contribution in [3.63, 3.8) is 0 Å². The van der Waals surface area contributed by atoms with Gasteiger partial charge in [0.05, 0.1) is 0 Å². The molecule has 0 radical (unpaired) electrons. The van der Waals surface area contributed by atoms with Gasteiger partial charge in [-0.05, 0) is 43.2 Å². The molecular weight excluding hydrogens is 194 g/mol. The molecule has 0 heterocycles. The molecule has 0 aromatic heterocycles. The molecule has 0 saturated carbocycles. The Kier molecular flexibility index (Phi) is 6.98. The maximum absolute atomic E-state index is 4.25. The lowest BCUT2D eigenvalue weighted by Crippen LogP contribution is -2.24. The number of hydrogen-bond donors (Lipinski definition) is 1. The van der Waals surface area contributed by atoms with Crippen LogP contribution in [0.3, 0.4) is 0 Å². The molecule has 2 unspecified atom stereocenters. The molecule has 0 aromatic carbocycles. The largest absolute Gasteiger partial charge is 0.316 e. The molecule has 0 aliphatic carbocycles. The van der Waals surface area contributed by atoms with Gasteiger partial charge in [0.15, 0.2) is 0 Å². The van der Waals surface area contributed by atoms with E-state index in [1.165, 1.54) is 18.4 Å². The van der Waals surface area contributed by atoms with Gasteiger partial charge in [0.2, 0.25) is 0 Å². The van der Waals surface area contributed by atoms with Crippen LogP contribution in [0.2, 0.25) is 0 Å². The average Bonchev–Trinajstić information content (AvgIpc) is 2.15. The van der Waals surface area contributed by atoms with Gasteiger partial charge in [0.1, 0.15) is 0 Å². The van der Waals surface area contributed by atoms with Crippen molar-refractivity contribution in [2.45, 2.75) is 54.4 Å². The van der Waals surface area contributed by atoms with E-state index in [1.807, 2.05) is 0 Å². The summed E-state index contributed by atoms with van der Waals surface area (Å²) in [5.74, 6) is 1.36. The fourth-order valence-electron chi connectivity index (χ4n) is 2.09. The summed E-state index contributed by atoms with van der Waals surface area (Å²) in [7, 11) is 0. The van der Waals surface area contributed by atoms with Crippen molar-refractivity contribution in [1.29, 1.82) is 0 Å². The van der Waals surface area contributed by atoms with Crippen LogP contribution in [0, 0.1) is 17.3 Å². The lowest BCUT2D eigenvalue weighted by atomic mass is 9.77. The first-order valence-electron chi connectivity index (χ1n) is 6.69. The lowest BCUT2D eigenvalue weighted by Gasteiger charge is -2.29. The fraction of sp³-hybridized carbons (Fsp3) is 0.867. The van der Waals surface area contributed by atoms with E-state index < -0.39 is 0 Å². The number of rotatable bonds is 7. The summed E-state index contributed by atoms with van der Waals surface area (Å²) in [6, 6.07) is 0. The predicted molar refractivity (Wildman–Crippen MR) is 74.7 cm³/mol. The van der Waals surface area contributed by atoms with Crippen LogP contribution in [0.15, 0.2) is 12.2 Å². The van der Waals surface area contributed by atoms with Crippen molar-refractivity contribution >= 4 is 0 Å². The van der Waals surface area contributed by atoms with E-state index in [0.717, 1.165) is 19.0 Å². The van der Waals surface area contributed by atoms with Gasteiger partial charge in [0.25, 0.3) is 0 Å². The Morgan fingerprint density at radius 2 is 1.81 bits per heavy atom. The first-order chi connectivity index (χ1) is 7.29. The van der Waals surface area contributed by atoms with Gasteiger partial charge in [-0.25, -0.2) is 0 Å². The SMILES string of the molecule is C=C(C(C)CC(C)CNCCC)C(C)(C)C. The summed E-state index contributed by atoms with van der Waals surface area (Å²) in [5, 5.41) is 3.49. The van der Waals surface area contributed by atoms with Crippen LogP contribution >= 0.6 is 0 Å². The summed E-state index contributed by atoms with van der Waals surface area (Å²) in [4.78, 5) is 0. The number of hydrogen-bond acceptors (Lipinski definition) is 1. The molecular formula is C15H31N. The Morgan fingerprint density at radius 3 is 2.25 bits per heavy atom. The molecule has 0 saturated heterocycles. The third kappa shape index (κ3) is 6.32. The first-order valence-corrected chi connectivity index (χ1v) is 6.69. The van der Waals surface area contributed by atoms with E-state index in [0.29, 0.717) is 5.92 Å². The quantitative estimate of drug-likeness (QED) is 0.504. The van der Waals surface area contributed by atoms with E-state index in [4.69, 9.17) is 0 Å². The number of nitrogens with one attached hydrogen (secondary N) is 1. The van der Waals surface area contributed by atoms with Crippen LogP contribution in [-0.4, -0.2) is 13.1 Å². The molecule has 1 nitrogen and oxygen atoms in total. The summed E-state index contributed by atoms with van der Waals surface area (Å²) < 4.78 is 0. The summed E-state index contributed by atoms with van der Waals surface area (Å²) in [6.45, 7) is 20.1. The second kappa shape index (κ2) is 7.11. The van der Waals surface area contributed by atoms with Crippen LogP contribution < -0.4 is 5.32 Å². The van der Waals surface area contributed by atoms with Crippen molar-refractivity contribution in [2.24, 2.45) is 17.3 Å². The Hall–Kier alpha value is -0.300. The lowest BCUT2D eigenvalue weighted by molar-refractivity contribution is 0.370. The summed E-state index contributed by atoms with van der Waals surface area (Å²) in [5.41, 5.74) is 1.63. The molecule has 0 aliphatic heterocycles. The van der Waals surface area contributed by atoms with E-state index in [1.54, 1.807) is 0 Å². The van der Waals surface area contributed by atoms with Gasteiger partial charge < -0.3 is 5.32 Å². The molecule has 96 valence electrons.